The second-order valence-corrected chi connectivity index (χ2v) is 9.16. The number of para-hydroxylation sites is 2. The van der Waals surface area contributed by atoms with E-state index >= 15 is 0 Å². The van der Waals surface area contributed by atoms with Crippen LogP contribution in [0.25, 0.3) is 0 Å². The molecular weight excluding hydrogens is 479 g/mol. The number of phenols is 1. The Hall–Kier alpha value is -1.23. The lowest BCUT2D eigenvalue weighted by Crippen LogP contribution is -2.52. The Labute approximate surface area is 178 Å². The first-order valence-corrected chi connectivity index (χ1v) is 11.1. The molecule has 152 valence electrons. The van der Waals surface area contributed by atoms with Gasteiger partial charge in [0, 0.05) is 39.3 Å². The summed E-state index contributed by atoms with van der Waals surface area (Å²) in [6.07, 6.45) is 0.715. The number of piperazine rings is 1. The van der Waals surface area contributed by atoms with Gasteiger partial charge in [-0.15, -0.1) is 24.0 Å². The minimum Gasteiger partial charge on any atom is -0.506 e. The molecule has 2 saturated heterocycles. The summed E-state index contributed by atoms with van der Waals surface area (Å²) in [5, 5.41) is 13.4. The van der Waals surface area contributed by atoms with Gasteiger partial charge < -0.3 is 20.2 Å². The molecule has 7 nitrogen and oxygen atoms in total. The third-order valence-electron chi connectivity index (χ3n) is 4.96. The Balaban J connectivity index is 0.00000261. The van der Waals surface area contributed by atoms with E-state index in [1.807, 2.05) is 25.1 Å². The third-order valence-corrected chi connectivity index (χ3v) is 6.80. The van der Waals surface area contributed by atoms with E-state index in [1.165, 1.54) is 0 Å². The van der Waals surface area contributed by atoms with Gasteiger partial charge in [-0.3, -0.25) is 4.99 Å². The van der Waals surface area contributed by atoms with E-state index in [-0.39, 0.29) is 35.6 Å². The number of aliphatic imine (C=N–C) groups is 1. The van der Waals surface area contributed by atoms with Crippen molar-refractivity contribution in [3.05, 3.63) is 24.3 Å². The van der Waals surface area contributed by atoms with Crippen LogP contribution in [-0.2, 0) is 9.84 Å². The van der Waals surface area contributed by atoms with Gasteiger partial charge in [0.15, 0.2) is 15.8 Å². The molecule has 1 unspecified atom stereocenters. The maximum absolute atomic E-state index is 11.6. The number of rotatable bonds is 4. The van der Waals surface area contributed by atoms with Crippen molar-refractivity contribution in [1.82, 2.24) is 10.2 Å². The zero-order valence-electron chi connectivity index (χ0n) is 15.7. The van der Waals surface area contributed by atoms with Crippen molar-refractivity contribution in [2.75, 3.05) is 55.7 Å². The average molecular weight is 508 g/mol. The van der Waals surface area contributed by atoms with Gasteiger partial charge in [0.2, 0.25) is 0 Å². The van der Waals surface area contributed by atoms with Crippen LogP contribution in [0.2, 0.25) is 0 Å². The smallest absolute Gasteiger partial charge is 0.194 e. The number of guanidine groups is 1. The molecule has 2 N–H and O–H groups in total. The summed E-state index contributed by atoms with van der Waals surface area (Å²) < 4.78 is 23.2. The predicted molar refractivity (Wildman–Crippen MR) is 120 cm³/mol. The fourth-order valence-electron chi connectivity index (χ4n) is 3.55. The van der Waals surface area contributed by atoms with Crippen LogP contribution in [-0.4, -0.2) is 75.2 Å². The molecule has 0 radical (unpaired) electrons. The summed E-state index contributed by atoms with van der Waals surface area (Å²) in [6, 6.07) is 7.41. The van der Waals surface area contributed by atoms with Gasteiger partial charge in [-0.2, -0.15) is 0 Å². The van der Waals surface area contributed by atoms with Crippen LogP contribution in [0.4, 0.5) is 5.69 Å². The van der Waals surface area contributed by atoms with E-state index in [0.29, 0.717) is 24.5 Å². The summed E-state index contributed by atoms with van der Waals surface area (Å²) >= 11 is 0. The van der Waals surface area contributed by atoms with Crippen molar-refractivity contribution in [1.29, 1.82) is 0 Å². The number of benzene rings is 1. The molecular formula is C18H29IN4O3S. The molecule has 1 aromatic carbocycles. The number of phenolic OH excluding ortho intramolecular Hbond substituents is 1. The van der Waals surface area contributed by atoms with E-state index in [9.17, 15) is 13.5 Å². The number of aromatic hydroxyl groups is 1. The molecule has 3 rings (SSSR count). The van der Waals surface area contributed by atoms with Crippen LogP contribution in [0.1, 0.15) is 13.3 Å². The highest BCUT2D eigenvalue weighted by atomic mass is 127. The van der Waals surface area contributed by atoms with Crippen LogP contribution in [0.15, 0.2) is 29.3 Å². The molecule has 9 heteroatoms. The first kappa shape index (κ1) is 22.1. The van der Waals surface area contributed by atoms with Crippen LogP contribution in [0.5, 0.6) is 5.75 Å². The highest BCUT2D eigenvalue weighted by Crippen LogP contribution is 2.27. The van der Waals surface area contributed by atoms with E-state index in [1.54, 1.807) is 6.07 Å². The van der Waals surface area contributed by atoms with Gasteiger partial charge in [-0.05, 0) is 31.4 Å². The van der Waals surface area contributed by atoms with E-state index in [4.69, 9.17) is 4.99 Å². The van der Waals surface area contributed by atoms with Crippen molar-refractivity contribution in [2.24, 2.45) is 10.9 Å². The standard InChI is InChI=1S/C18H28N4O3S.HI/c1-2-19-18(20-13-15-7-12-26(24,25)14-15)22-10-8-21(9-11-22)16-5-3-4-6-17(16)23;/h3-6,15,23H,2,7-14H2,1H3,(H,19,20);1H. The first-order chi connectivity index (χ1) is 12.5. The summed E-state index contributed by atoms with van der Waals surface area (Å²) in [5.74, 6) is 1.86. The number of hydrogen-bond acceptors (Lipinski definition) is 5. The molecule has 0 spiro atoms. The minimum absolute atomic E-state index is 0. The van der Waals surface area contributed by atoms with Crippen LogP contribution < -0.4 is 10.2 Å². The maximum Gasteiger partial charge on any atom is 0.194 e. The first-order valence-electron chi connectivity index (χ1n) is 9.25. The summed E-state index contributed by atoms with van der Waals surface area (Å²) in [5.41, 5.74) is 0.866. The second-order valence-electron chi connectivity index (χ2n) is 6.93. The van der Waals surface area contributed by atoms with Crippen molar-refractivity contribution in [3.8, 4) is 5.75 Å². The van der Waals surface area contributed by atoms with Crippen molar-refractivity contribution >= 4 is 45.5 Å². The average Bonchev–Trinajstić information content (AvgIpc) is 2.98. The van der Waals surface area contributed by atoms with Gasteiger partial charge in [0.1, 0.15) is 5.75 Å². The minimum atomic E-state index is -2.86. The van der Waals surface area contributed by atoms with Crippen molar-refractivity contribution in [2.45, 2.75) is 13.3 Å². The Morgan fingerprint density at radius 3 is 2.56 bits per heavy atom. The molecule has 2 aliphatic rings. The molecule has 0 amide bonds. The van der Waals surface area contributed by atoms with Crippen LogP contribution in [0.3, 0.4) is 0 Å². The molecule has 1 aromatic rings. The number of nitrogens with one attached hydrogen (secondary N) is 1. The van der Waals surface area contributed by atoms with Gasteiger partial charge in [-0.25, -0.2) is 8.42 Å². The van der Waals surface area contributed by atoms with Gasteiger partial charge in [-0.1, -0.05) is 12.1 Å². The van der Waals surface area contributed by atoms with Gasteiger partial charge >= 0.3 is 0 Å². The van der Waals surface area contributed by atoms with Crippen LogP contribution >= 0.6 is 24.0 Å². The molecule has 0 saturated carbocycles. The number of halogens is 1. The fraction of sp³-hybridized carbons (Fsp3) is 0.611. The summed E-state index contributed by atoms with van der Waals surface area (Å²) in [7, 11) is -2.86. The Bertz CT molecular complexity index is 749. The van der Waals surface area contributed by atoms with E-state index in [0.717, 1.165) is 44.4 Å². The zero-order valence-corrected chi connectivity index (χ0v) is 18.8. The van der Waals surface area contributed by atoms with E-state index in [2.05, 4.69) is 15.1 Å². The monoisotopic (exact) mass is 508 g/mol. The number of hydrogen-bond donors (Lipinski definition) is 2. The molecule has 2 heterocycles. The molecule has 1 atom stereocenters. The lowest BCUT2D eigenvalue weighted by molar-refractivity contribution is 0.369. The SMILES string of the molecule is CCNC(=NCC1CCS(=O)(=O)C1)N1CCN(c2ccccc2O)CC1.I. The normalized spacial score (nSPS) is 22.4. The quantitative estimate of drug-likeness (QED) is 0.365. The fourth-order valence-corrected chi connectivity index (χ4v) is 5.40. The number of sulfone groups is 1. The molecule has 0 bridgehead atoms. The molecule has 0 aliphatic carbocycles. The largest absolute Gasteiger partial charge is 0.506 e. The van der Waals surface area contributed by atoms with E-state index < -0.39 is 9.84 Å². The summed E-state index contributed by atoms with van der Waals surface area (Å²) in [4.78, 5) is 9.09. The summed E-state index contributed by atoms with van der Waals surface area (Å²) in [6.45, 7) is 6.60. The molecule has 27 heavy (non-hydrogen) atoms. The Kier molecular flexibility index (Phi) is 8.02. The molecule has 2 aliphatic heterocycles. The highest BCUT2D eigenvalue weighted by Gasteiger charge is 2.28. The van der Waals surface area contributed by atoms with Crippen LogP contribution in [0, 0.1) is 5.92 Å². The highest BCUT2D eigenvalue weighted by molar-refractivity contribution is 14.0. The van der Waals surface area contributed by atoms with Gasteiger partial charge in [0.25, 0.3) is 0 Å². The van der Waals surface area contributed by atoms with Crippen molar-refractivity contribution in [3.63, 3.8) is 0 Å². The predicted octanol–water partition coefficient (Wildman–Crippen LogP) is 1.53. The number of anilines is 1. The zero-order chi connectivity index (χ0) is 18.6. The lowest BCUT2D eigenvalue weighted by Gasteiger charge is -2.38. The maximum atomic E-state index is 11.6. The topological polar surface area (TPSA) is 85.2 Å². The Morgan fingerprint density at radius 2 is 1.96 bits per heavy atom. The second kappa shape index (κ2) is 9.81. The molecule has 0 aromatic heterocycles. The van der Waals surface area contributed by atoms with Gasteiger partial charge in [0.05, 0.1) is 17.2 Å². The number of nitrogens with zero attached hydrogens (tertiary/aromatic N) is 3. The lowest BCUT2D eigenvalue weighted by atomic mass is 10.1. The Morgan fingerprint density at radius 1 is 1.26 bits per heavy atom. The van der Waals surface area contributed by atoms with Crippen molar-refractivity contribution < 1.29 is 13.5 Å². The molecule has 2 fully saturated rings. The third kappa shape index (κ3) is 5.87.